The Hall–Kier alpha value is -3.02. The van der Waals surface area contributed by atoms with E-state index in [0.717, 1.165) is 35.6 Å². The van der Waals surface area contributed by atoms with E-state index >= 15 is 0 Å². The molecular formula is C19H20N4O2. The van der Waals surface area contributed by atoms with Crippen LogP contribution in [0.2, 0.25) is 0 Å². The number of hydrogen-bond acceptors (Lipinski definition) is 4. The summed E-state index contributed by atoms with van der Waals surface area (Å²) in [6, 6.07) is 13.6. The molecule has 4 rings (SSSR count). The van der Waals surface area contributed by atoms with Gasteiger partial charge in [0.25, 0.3) is 5.91 Å². The van der Waals surface area contributed by atoms with Crippen molar-refractivity contribution in [3.05, 3.63) is 54.4 Å². The van der Waals surface area contributed by atoms with E-state index < -0.39 is 0 Å². The Morgan fingerprint density at radius 3 is 2.68 bits per heavy atom. The molecule has 6 heteroatoms. The lowest BCUT2D eigenvalue weighted by Crippen LogP contribution is -2.49. The number of aromatic nitrogens is 2. The smallest absolute Gasteiger partial charge is 0.270 e. The minimum Gasteiger partial charge on any atom is -0.495 e. The van der Waals surface area contributed by atoms with Crippen LogP contribution in [0.25, 0.3) is 10.9 Å². The second-order valence-corrected chi connectivity index (χ2v) is 6.07. The molecule has 0 aliphatic carbocycles. The molecule has 128 valence electrons. The molecule has 2 aromatic heterocycles. The first-order chi connectivity index (χ1) is 12.3. The molecule has 3 aromatic rings. The van der Waals surface area contributed by atoms with Gasteiger partial charge in [0, 0.05) is 37.8 Å². The number of carbonyl (C=O) groups excluding carboxylic acids is 1. The highest BCUT2D eigenvalue weighted by molar-refractivity contribution is 5.99. The number of rotatable bonds is 3. The number of pyridine rings is 1. The van der Waals surface area contributed by atoms with Gasteiger partial charge in [0.1, 0.15) is 17.3 Å². The minimum absolute atomic E-state index is 0.0268. The summed E-state index contributed by atoms with van der Waals surface area (Å²) in [6.07, 6.45) is 1.80. The van der Waals surface area contributed by atoms with Crippen molar-refractivity contribution in [2.75, 3.05) is 38.2 Å². The highest BCUT2D eigenvalue weighted by Crippen LogP contribution is 2.26. The Kier molecular flexibility index (Phi) is 4.01. The minimum atomic E-state index is 0.0268. The number of anilines is 1. The van der Waals surface area contributed by atoms with E-state index in [2.05, 4.69) is 14.9 Å². The molecule has 0 spiro atoms. The van der Waals surface area contributed by atoms with E-state index in [0.29, 0.717) is 18.8 Å². The van der Waals surface area contributed by atoms with Gasteiger partial charge in [-0.2, -0.15) is 0 Å². The number of para-hydroxylation sites is 1. The molecule has 1 aromatic carbocycles. The van der Waals surface area contributed by atoms with Crippen molar-refractivity contribution in [3.8, 4) is 5.75 Å². The Bertz CT molecular complexity index is 883. The molecule has 3 heterocycles. The quantitative estimate of drug-likeness (QED) is 0.798. The zero-order valence-electron chi connectivity index (χ0n) is 14.1. The van der Waals surface area contributed by atoms with Crippen LogP contribution in [-0.2, 0) is 0 Å². The number of hydrogen-bond donors (Lipinski definition) is 1. The third kappa shape index (κ3) is 2.91. The number of nitrogens with zero attached hydrogens (tertiary/aromatic N) is 3. The van der Waals surface area contributed by atoms with E-state index in [1.54, 1.807) is 13.3 Å². The van der Waals surface area contributed by atoms with Crippen LogP contribution in [0.5, 0.6) is 5.75 Å². The summed E-state index contributed by atoms with van der Waals surface area (Å²) in [5, 5.41) is 0.981. The van der Waals surface area contributed by atoms with Gasteiger partial charge in [-0.15, -0.1) is 0 Å². The van der Waals surface area contributed by atoms with Crippen molar-refractivity contribution >= 4 is 22.6 Å². The lowest BCUT2D eigenvalue weighted by Gasteiger charge is -2.35. The number of piperazine rings is 1. The predicted octanol–water partition coefficient (Wildman–Crippen LogP) is 2.53. The maximum Gasteiger partial charge on any atom is 0.270 e. The van der Waals surface area contributed by atoms with Crippen molar-refractivity contribution in [1.29, 1.82) is 0 Å². The number of aromatic amines is 1. The number of methoxy groups -OCH3 is 1. The van der Waals surface area contributed by atoms with Crippen LogP contribution in [-0.4, -0.2) is 54.1 Å². The van der Waals surface area contributed by atoms with E-state index in [4.69, 9.17) is 4.74 Å². The van der Waals surface area contributed by atoms with Crippen molar-refractivity contribution in [2.45, 2.75) is 0 Å². The lowest BCUT2D eigenvalue weighted by atomic mass is 10.2. The van der Waals surface area contributed by atoms with Gasteiger partial charge in [0.15, 0.2) is 0 Å². The summed E-state index contributed by atoms with van der Waals surface area (Å²) in [4.78, 5) is 24.5. The molecule has 1 amide bonds. The maximum atomic E-state index is 12.8. The van der Waals surface area contributed by atoms with E-state index in [1.807, 2.05) is 47.4 Å². The number of H-pyrrole nitrogens is 1. The molecule has 0 radical (unpaired) electrons. The number of benzene rings is 1. The molecule has 1 aliphatic heterocycles. The average Bonchev–Trinajstić information content (AvgIpc) is 3.12. The van der Waals surface area contributed by atoms with Crippen molar-refractivity contribution in [1.82, 2.24) is 14.9 Å². The first kappa shape index (κ1) is 15.5. The highest BCUT2D eigenvalue weighted by atomic mass is 16.5. The Morgan fingerprint density at radius 1 is 1.12 bits per heavy atom. The van der Waals surface area contributed by atoms with Gasteiger partial charge in [-0.25, -0.2) is 4.98 Å². The first-order valence-corrected chi connectivity index (χ1v) is 8.37. The molecule has 1 N–H and O–H groups in total. The van der Waals surface area contributed by atoms with Gasteiger partial charge in [0.2, 0.25) is 0 Å². The summed E-state index contributed by atoms with van der Waals surface area (Å²) in [6.45, 7) is 2.93. The van der Waals surface area contributed by atoms with Crippen LogP contribution in [0.15, 0.2) is 48.7 Å². The Balaban J connectivity index is 1.49. The lowest BCUT2D eigenvalue weighted by molar-refractivity contribution is 0.0741. The third-order valence-corrected chi connectivity index (χ3v) is 4.61. The van der Waals surface area contributed by atoms with E-state index in [9.17, 15) is 4.79 Å². The van der Waals surface area contributed by atoms with Crippen molar-refractivity contribution in [2.24, 2.45) is 0 Å². The number of ether oxygens (including phenoxy) is 1. The third-order valence-electron chi connectivity index (χ3n) is 4.61. The summed E-state index contributed by atoms with van der Waals surface area (Å²) >= 11 is 0. The zero-order valence-corrected chi connectivity index (χ0v) is 14.1. The monoisotopic (exact) mass is 336 g/mol. The molecule has 6 nitrogen and oxygen atoms in total. The highest BCUT2D eigenvalue weighted by Gasteiger charge is 2.24. The Morgan fingerprint density at radius 2 is 1.96 bits per heavy atom. The normalized spacial score (nSPS) is 14.8. The van der Waals surface area contributed by atoms with Gasteiger partial charge >= 0.3 is 0 Å². The van der Waals surface area contributed by atoms with Gasteiger partial charge in [0.05, 0.1) is 12.6 Å². The largest absolute Gasteiger partial charge is 0.495 e. The molecule has 0 atom stereocenters. The van der Waals surface area contributed by atoms with Crippen LogP contribution in [0.1, 0.15) is 10.5 Å². The van der Waals surface area contributed by atoms with Crippen molar-refractivity contribution < 1.29 is 9.53 Å². The molecule has 0 unspecified atom stereocenters. The summed E-state index contributed by atoms with van der Waals surface area (Å²) in [5.74, 6) is 1.74. The molecule has 1 aliphatic rings. The first-order valence-electron chi connectivity index (χ1n) is 8.37. The number of nitrogens with one attached hydrogen (secondary N) is 1. The van der Waals surface area contributed by atoms with Gasteiger partial charge in [-0.3, -0.25) is 4.79 Å². The van der Waals surface area contributed by atoms with Gasteiger partial charge in [-0.1, -0.05) is 18.2 Å². The summed E-state index contributed by atoms with van der Waals surface area (Å²) in [7, 11) is 1.63. The average molecular weight is 336 g/mol. The Labute approximate surface area is 146 Å². The standard InChI is InChI=1S/C19H20N4O2/c1-25-16-6-4-5-14-13-15(21-18(14)16)19(24)23-11-9-22(10-12-23)17-7-2-3-8-20-17/h2-8,13,21H,9-12H2,1H3. The molecule has 0 bridgehead atoms. The van der Waals surface area contributed by atoms with Crippen LogP contribution in [0.4, 0.5) is 5.82 Å². The fraction of sp³-hybridized carbons (Fsp3) is 0.263. The van der Waals surface area contributed by atoms with Crippen LogP contribution >= 0.6 is 0 Å². The fourth-order valence-corrected chi connectivity index (χ4v) is 3.26. The fourth-order valence-electron chi connectivity index (χ4n) is 3.26. The van der Waals surface area contributed by atoms with Crippen LogP contribution in [0, 0.1) is 0 Å². The maximum absolute atomic E-state index is 12.8. The van der Waals surface area contributed by atoms with Crippen molar-refractivity contribution in [3.63, 3.8) is 0 Å². The van der Waals surface area contributed by atoms with E-state index in [-0.39, 0.29) is 5.91 Å². The number of amides is 1. The second-order valence-electron chi connectivity index (χ2n) is 6.07. The molecular weight excluding hydrogens is 316 g/mol. The molecule has 1 saturated heterocycles. The SMILES string of the molecule is COc1cccc2cc(C(=O)N3CCN(c4ccccn4)CC3)[nH]c12. The second kappa shape index (κ2) is 6.47. The van der Waals surface area contributed by atoms with E-state index in [1.165, 1.54) is 0 Å². The van der Waals surface area contributed by atoms with Crippen LogP contribution < -0.4 is 9.64 Å². The number of fused-ring (bicyclic) bond motifs is 1. The zero-order chi connectivity index (χ0) is 17.2. The number of carbonyl (C=O) groups is 1. The topological polar surface area (TPSA) is 61.5 Å². The van der Waals surface area contributed by atoms with Gasteiger partial charge in [-0.05, 0) is 24.3 Å². The molecule has 25 heavy (non-hydrogen) atoms. The summed E-state index contributed by atoms with van der Waals surface area (Å²) in [5.41, 5.74) is 1.46. The van der Waals surface area contributed by atoms with Crippen LogP contribution in [0.3, 0.4) is 0 Å². The van der Waals surface area contributed by atoms with Gasteiger partial charge < -0.3 is 19.5 Å². The molecule has 0 saturated carbocycles. The molecule has 1 fully saturated rings. The summed E-state index contributed by atoms with van der Waals surface area (Å²) < 4.78 is 5.36. The predicted molar refractivity (Wildman–Crippen MR) is 97.2 cm³/mol.